The molecule has 2 heterocycles. The van der Waals surface area contributed by atoms with Crippen molar-refractivity contribution in [1.29, 1.82) is 0 Å². The molecule has 0 saturated heterocycles. The summed E-state index contributed by atoms with van der Waals surface area (Å²) in [7, 11) is 0. The van der Waals surface area contributed by atoms with Crippen molar-refractivity contribution in [2.24, 2.45) is 0 Å². The quantitative estimate of drug-likeness (QED) is 0.802. The molecule has 0 aliphatic carbocycles. The molecule has 0 spiro atoms. The lowest BCUT2D eigenvalue weighted by atomic mass is 10.1. The van der Waals surface area contributed by atoms with Crippen LogP contribution < -0.4 is 5.32 Å². The second-order valence-electron chi connectivity index (χ2n) is 4.56. The van der Waals surface area contributed by atoms with E-state index >= 15 is 0 Å². The number of rotatable bonds is 7. The van der Waals surface area contributed by atoms with Gasteiger partial charge in [-0.05, 0) is 31.0 Å². The van der Waals surface area contributed by atoms with Gasteiger partial charge >= 0.3 is 0 Å². The maximum absolute atomic E-state index is 12.0. The van der Waals surface area contributed by atoms with Crippen LogP contribution in [-0.2, 0) is 6.54 Å². The Morgan fingerprint density at radius 1 is 1.55 bits per heavy atom. The van der Waals surface area contributed by atoms with Gasteiger partial charge in [0.05, 0.1) is 6.54 Å². The number of nitrogens with one attached hydrogen (secondary N) is 1. The van der Waals surface area contributed by atoms with Gasteiger partial charge in [0.25, 0.3) is 5.91 Å². The van der Waals surface area contributed by atoms with Gasteiger partial charge in [0.15, 0.2) is 5.76 Å². The summed E-state index contributed by atoms with van der Waals surface area (Å²) in [5, 5.41) is 15.8. The van der Waals surface area contributed by atoms with Crippen molar-refractivity contribution >= 4 is 5.91 Å². The van der Waals surface area contributed by atoms with E-state index in [4.69, 9.17) is 9.52 Å². The molecule has 2 rings (SSSR count). The van der Waals surface area contributed by atoms with E-state index in [1.54, 1.807) is 23.0 Å². The molecule has 0 radical (unpaired) electrons. The van der Waals surface area contributed by atoms with E-state index in [0.717, 1.165) is 6.42 Å². The number of furan rings is 1. The highest BCUT2D eigenvalue weighted by molar-refractivity contribution is 5.91. The molecule has 0 fully saturated rings. The summed E-state index contributed by atoms with van der Waals surface area (Å²) in [5.41, 5.74) is 0. The first-order valence-electron chi connectivity index (χ1n) is 6.70. The number of aromatic nitrogens is 2. The maximum Gasteiger partial charge on any atom is 0.287 e. The van der Waals surface area contributed by atoms with Crippen LogP contribution in [0.3, 0.4) is 0 Å². The van der Waals surface area contributed by atoms with E-state index < -0.39 is 0 Å². The van der Waals surface area contributed by atoms with Gasteiger partial charge < -0.3 is 14.8 Å². The van der Waals surface area contributed by atoms with E-state index in [1.807, 2.05) is 19.2 Å². The fourth-order valence-electron chi connectivity index (χ4n) is 1.93. The lowest BCUT2D eigenvalue weighted by Crippen LogP contribution is -2.34. The van der Waals surface area contributed by atoms with E-state index in [2.05, 4.69) is 10.4 Å². The Morgan fingerprint density at radius 3 is 3.05 bits per heavy atom. The lowest BCUT2D eigenvalue weighted by Gasteiger charge is -2.14. The van der Waals surface area contributed by atoms with Crippen molar-refractivity contribution in [3.05, 3.63) is 42.1 Å². The minimum Gasteiger partial charge on any atom is -0.454 e. The second-order valence-corrected chi connectivity index (χ2v) is 4.56. The highest BCUT2D eigenvalue weighted by Crippen LogP contribution is 2.10. The summed E-state index contributed by atoms with van der Waals surface area (Å²) in [6.45, 7) is 2.52. The molecular weight excluding hydrogens is 258 g/mol. The molecule has 0 aromatic carbocycles. The van der Waals surface area contributed by atoms with Crippen LogP contribution in [0.5, 0.6) is 0 Å². The predicted molar refractivity (Wildman–Crippen MR) is 73.3 cm³/mol. The van der Waals surface area contributed by atoms with Crippen molar-refractivity contribution in [3.63, 3.8) is 0 Å². The van der Waals surface area contributed by atoms with Gasteiger partial charge in [0, 0.05) is 25.0 Å². The minimum atomic E-state index is -0.253. The molecule has 6 heteroatoms. The van der Waals surface area contributed by atoms with Crippen LogP contribution >= 0.6 is 0 Å². The van der Waals surface area contributed by atoms with Crippen LogP contribution in [0, 0.1) is 0 Å². The molecule has 1 atom stereocenters. The minimum absolute atomic E-state index is 0.0350. The molecule has 108 valence electrons. The van der Waals surface area contributed by atoms with Crippen LogP contribution in [0.2, 0.25) is 0 Å². The summed E-state index contributed by atoms with van der Waals surface area (Å²) >= 11 is 0. The third kappa shape index (κ3) is 3.71. The van der Waals surface area contributed by atoms with E-state index in [0.29, 0.717) is 18.7 Å². The van der Waals surface area contributed by atoms with Crippen LogP contribution in [-0.4, -0.2) is 33.4 Å². The Morgan fingerprint density at radius 2 is 2.40 bits per heavy atom. The normalized spacial score (nSPS) is 12.3. The Labute approximate surface area is 117 Å². The van der Waals surface area contributed by atoms with Crippen molar-refractivity contribution in [2.75, 3.05) is 6.61 Å². The fraction of sp³-hybridized carbons (Fsp3) is 0.429. The average Bonchev–Trinajstić information content (AvgIpc) is 3.10. The van der Waals surface area contributed by atoms with Crippen molar-refractivity contribution in [3.8, 4) is 0 Å². The van der Waals surface area contributed by atoms with E-state index in [9.17, 15) is 4.79 Å². The molecular formula is C14H19N3O3. The largest absolute Gasteiger partial charge is 0.454 e. The molecule has 1 unspecified atom stereocenters. The Kier molecular flexibility index (Phi) is 4.95. The molecule has 2 aromatic rings. The Hall–Kier alpha value is -2.08. The average molecular weight is 277 g/mol. The lowest BCUT2D eigenvalue weighted by molar-refractivity contribution is 0.0899. The smallest absolute Gasteiger partial charge is 0.287 e. The van der Waals surface area contributed by atoms with Crippen molar-refractivity contribution < 1.29 is 14.3 Å². The molecule has 20 heavy (non-hydrogen) atoms. The van der Waals surface area contributed by atoms with Crippen LogP contribution in [0.25, 0.3) is 0 Å². The molecule has 2 N–H and O–H groups in total. The monoisotopic (exact) mass is 277 g/mol. The first kappa shape index (κ1) is 14.3. The summed E-state index contributed by atoms with van der Waals surface area (Å²) in [6.07, 6.45) is 4.84. The zero-order valence-corrected chi connectivity index (χ0v) is 11.5. The summed E-state index contributed by atoms with van der Waals surface area (Å²) in [4.78, 5) is 12.0. The van der Waals surface area contributed by atoms with Gasteiger partial charge in [-0.2, -0.15) is 5.10 Å². The van der Waals surface area contributed by atoms with Crippen molar-refractivity contribution in [2.45, 2.75) is 32.4 Å². The molecule has 0 aliphatic heterocycles. The summed E-state index contributed by atoms with van der Waals surface area (Å²) in [6, 6.07) is 5.22. The number of aliphatic hydroxyl groups is 1. The molecule has 1 amide bonds. The first-order valence-corrected chi connectivity index (χ1v) is 6.70. The Balaban J connectivity index is 1.95. The zero-order valence-electron chi connectivity index (χ0n) is 11.5. The van der Waals surface area contributed by atoms with E-state index in [-0.39, 0.29) is 24.3 Å². The third-order valence-corrected chi connectivity index (χ3v) is 3.07. The highest BCUT2D eigenvalue weighted by Gasteiger charge is 2.15. The SMILES string of the molecule is CCC(CCO)NC(=O)c1ccc(Cn2cccn2)o1. The van der Waals surface area contributed by atoms with Crippen LogP contribution in [0.1, 0.15) is 36.1 Å². The van der Waals surface area contributed by atoms with Gasteiger partial charge in [-0.25, -0.2) is 0 Å². The number of hydrogen-bond acceptors (Lipinski definition) is 4. The Bertz CT molecular complexity index is 534. The standard InChI is InChI=1S/C14H19N3O3/c1-2-11(6-9-18)16-14(19)13-5-4-12(20-13)10-17-8-3-7-15-17/h3-5,7-8,11,18H,2,6,9-10H2,1H3,(H,16,19). The van der Waals surface area contributed by atoms with Crippen molar-refractivity contribution in [1.82, 2.24) is 15.1 Å². The third-order valence-electron chi connectivity index (χ3n) is 3.07. The number of hydrogen-bond donors (Lipinski definition) is 2. The number of nitrogens with zero attached hydrogens (tertiary/aromatic N) is 2. The van der Waals surface area contributed by atoms with Crippen LogP contribution in [0.15, 0.2) is 35.0 Å². The van der Waals surface area contributed by atoms with Gasteiger partial charge in [0.1, 0.15) is 5.76 Å². The number of aliphatic hydroxyl groups excluding tert-OH is 1. The molecule has 6 nitrogen and oxygen atoms in total. The predicted octanol–water partition coefficient (Wildman–Crippen LogP) is 1.42. The molecule has 0 bridgehead atoms. The maximum atomic E-state index is 12.0. The second kappa shape index (κ2) is 6.91. The van der Waals surface area contributed by atoms with Gasteiger partial charge in [-0.1, -0.05) is 6.92 Å². The van der Waals surface area contributed by atoms with Gasteiger partial charge in [0.2, 0.25) is 0 Å². The number of carbonyl (C=O) groups excluding carboxylic acids is 1. The fourth-order valence-corrected chi connectivity index (χ4v) is 1.93. The highest BCUT2D eigenvalue weighted by atomic mass is 16.4. The van der Waals surface area contributed by atoms with Gasteiger partial charge in [-0.15, -0.1) is 0 Å². The topological polar surface area (TPSA) is 80.3 Å². The zero-order chi connectivity index (χ0) is 14.4. The first-order chi connectivity index (χ1) is 9.72. The summed E-state index contributed by atoms with van der Waals surface area (Å²) in [5.74, 6) is 0.703. The molecule has 2 aromatic heterocycles. The number of amides is 1. The number of carbonyl (C=O) groups is 1. The van der Waals surface area contributed by atoms with E-state index in [1.165, 1.54) is 0 Å². The molecule has 0 aliphatic rings. The van der Waals surface area contributed by atoms with Gasteiger partial charge in [-0.3, -0.25) is 9.48 Å². The summed E-state index contributed by atoms with van der Waals surface area (Å²) < 4.78 is 7.23. The molecule has 0 saturated carbocycles. The van der Waals surface area contributed by atoms with Crippen LogP contribution in [0.4, 0.5) is 0 Å².